The summed E-state index contributed by atoms with van der Waals surface area (Å²) in [6.45, 7) is 3.66. The molecule has 1 heterocycles. The molecule has 1 aromatic rings. The zero-order valence-corrected chi connectivity index (χ0v) is 10.0. The van der Waals surface area contributed by atoms with Gasteiger partial charge in [0, 0.05) is 13.1 Å². The molecule has 0 N–H and O–H groups in total. The van der Waals surface area contributed by atoms with Crippen LogP contribution in [-0.4, -0.2) is 24.1 Å². The molecule has 1 aliphatic rings. The molecule has 2 rings (SSSR count). The van der Waals surface area contributed by atoms with Crippen molar-refractivity contribution in [1.29, 1.82) is 0 Å². The highest BCUT2D eigenvalue weighted by atomic mass is 19.0. The first-order valence-corrected chi connectivity index (χ1v) is 5.79. The molecule has 0 saturated carbocycles. The smallest absolute Gasteiger partial charge is 0.410 e. The number of rotatable bonds is 1. The fourth-order valence-electron chi connectivity index (χ4n) is 1.85. The Labute approximate surface area is 101 Å². The lowest BCUT2D eigenvalue weighted by atomic mass is 10.1. The van der Waals surface area contributed by atoms with Gasteiger partial charge in [0.2, 0.25) is 0 Å². The lowest BCUT2D eigenvalue weighted by Gasteiger charge is -2.25. The molecule has 3 nitrogen and oxygen atoms in total. The lowest BCUT2D eigenvalue weighted by Crippen LogP contribution is -2.37. The first-order chi connectivity index (χ1) is 7.75. The van der Waals surface area contributed by atoms with Crippen molar-refractivity contribution in [1.82, 2.24) is 4.90 Å². The summed E-state index contributed by atoms with van der Waals surface area (Å²) in [5, 5.41) is 0. The predicted octanol–water partition coefficient (Wildman–Crippen LogP) is 3.13. The monoisotopic (exact) mass is 239 g/mol. The Morgan fingerprint density at radius 2 is 1.71 bits per heavy atom. The molecule has 0 unspecified atom stereocenters. The minimum Gasteiger partial charge on any atom is -0.410 e. The van der Waals surface area contributed by atoms with Crippen LogP contribution < -0.4 is 4.74 Å². The second-order valence-electron chi connectivity index (χ2n) is 4.23. The molecule has 4 heteroatoms. The molecule has 0 aliphatic carbocycles. The highest BCUT2D eigenvalue weighted by molar-refractivity contribution is 5.70. The summed E-state index contributed by atoms with van der Waals surface area (Å²) in [6.07, 6.45) is 3.17. The van der Waals surface area contributed by atoms with Crippen LogP contribution in [0.1, 0.15) is 24.8 Å². The molecule has 17 heavy (non-hydrogen) atoms. The van der Waals surface area contributed by atoms with Crippen molar-refractivity contribution in [2.75, 3.05) is 13.1 Å². The van der Waals surface area contributed by atoms with Crippen LogP contribution in [0.3, 0.4) is 0 Å². The van der Waals surface area contributed by atoms with E-state index in [2.05, 4.69) is 0 Å². The quantitative estimate of drug-likeness (QED) is 0.753. The van der Waals surface area contributed by atoms with Gasteiger partial charge >= 0.3 is 6.09 Å². The number of ether oxygens (including phenoxy) is 1. The highest BCUT2D eigenvalue weighted by Crippen LogP contribution is 2.15. The zero-order valence-electron chi connectivity index (χ0n) is 10.0. The summed E-state index contributed by atoms with van der Waals surface area (Å²) in [4.78, 5) is 13.5. The van der Waals surface area contributed by atoms with Crippen LogP contribution in [0, 0.1) is 6.92 Å². The SMILES string of the molecule is Cc1ccc(OC(=O)N2CCCCC2)cc1.F. The van der Waals surface area contributed by atoms with Crippen molar-refractivity contribution in [3.63, 3.8) is 0 Å². The average molecular weight is 239 g/mol. The molecule has 0 bridgehead atoms. The van der Waals surface area contributed by atoms with E-state index in [1.165, 1.54) is 6.42 Å². The summed E-state index contributed by atoms with van der Waals surface area (Å²) in [6, 6.07) is 7.55. The van der Waals surface area contributed by atoms with Crippen molar-refractivity contribution >= 4 is 6.09 Å². The van der Waals surface area contributed by atoms with Gasteiger partial charge in [0.15, 0.2) is 0 Å². The van der Waals surface area contributed by atoms with Crippen LogP contribution in [0.2, 0.25) is 0 Å². The van der Waals surface area contributed by atoms with E-state index < -0.39 is 0 Å². The van der Waals surface area contributed by atoms with E-state index in [0.717, 1.165) is 31.5 Å². The minimum atomic E-state index is -0.219. The van der Waals surface area contributed by atoms with E-state index in [1.54, 1.807) is 4.90 Å². The molecule has 1 aliphatic heterocycles. The van der Waals surface area contributed by atoms with E-state index >= 15 is 0 Å². The zero-order chi connectivity index (χ0) is 11.4. The van der Waals surface area contributed by atoms with Gasteiger partial charge in [-0.15, -0.1) is 0 Å². The fourth-order valence-corrected chi connectivity index (χ4v) is 1.85. The molecule has 1 aromatic carbocycles. The molecule has 1 amide bonds. The number of likely N-dealkylation sites (tertiary alicyclic amines) is 1. The first kappa shape index (κ1) is 13.5. The Hall–Kier alpha value is -1.58. The number of benzene rings is 1. The number of carbonyl (C=O) groups excluding carboxylic acids is 1. The number of amides is 1. The number of halogens is 1. The van der Waals surface area contributed by atoms with E-state index in [1.807, 2.05) is 31.2 Å². The summed E-state index contributed by atoms with van der Waals surface area (Å²) in [5.41, 5.74) is 1.16. The molecule has 0 radical (unpaired) electrons. The van der Waals surface area contributed by atoms with Gasteiger partial charge in [-0.2, -0.15) is 0 Å². The topological polar surface area (TPSA) is 29.5 Å². The van der Waals surface area contributed by atoms with Crippen molar-refractivity contribution in [2.45, 2.75) is 26.2 Å². The highest BCUT2D eigenvalue weighted by Gasteiger charge is 2.17. The third kappa shape index (κ3) is 3.73. The Kier molecular flexibility index (Phi) is 4.94. The van der Waals surface area contributed by atoms with E-state index in [-0.39, 0.29) is 10.8 Å². The Bertz CT molecular complexity index is 358. The van der Waals surface area contributed by atoms with Gasteiger partial charge in [0.25, 0.3) is 0 Å². The maximum absolute atomic E-state index is 11.8. The molecular weight excluding hydrogens is 221 g/mol. The molecule has 94 valence electrons. The predicted molar refractivity (Wildman–Crippen MR) is 65.1 cm³/mol. The second kappa shape index (κ2) is 6.23. The first-order valence-electron chi connectivity index (χ1n) is 5.79. The standard InChI is InChI=1S/C13H17NO2.FH/c1-11-5-7-12(8-6-11)16-13(15)14-9-3-2-4-10-14;/h5-8H,2-4,9-10H2,1H3;1H. The maximum Gasteiger partial charge on any atom is 0.415 e. The molecule has 1 fully saturated rings. The van der Waals surface area contributed by atoms with Crippen LogP contribution in [0.15, 0.2) is 24.3 Å². The van der Waals surface area contributed by atoms with E-state index in [0.29, 0.717) is 5.75 Å². The second-order valence-corrected chi connectivity index (χ2v) is 4.23. The third-order valence-corrected chi connectivity index (χ3v) is 2.84. The average Bonchev–Trinajstić information content (AvgIpc) is 2.33. The third-order valence-electron chi connectivity index (χ3n) is 2.84. The van der Waals surface area contributed by atoms with Crippen LogP contribution in [0.5, 0.6) is 5.75 Å². The van der Waals surface area contributed by atoms with E-state index in [9.17, 15) is 4.79 Å². The van der Waals surface area contributed by atoms with Crippen molar-refractivity contribution in [2.24, 2.45) is 0 Å². The van der Waals surface area contributed by atoms with Crippen molar-refractivity contribution < 1.29 is 14.2 Å². The van der Waals surface area contributed by atoms with Gasteiger partial charge in [-0.1, -0.05) is 17.7 Å². The molecule has 0 spiro atoms. The Balaban J connectivity index is 0.00000144. The fraction of sp³-hybridized carbons (Fsp3) is 0.462. The van der Waals surface area contributed by atoms with Crippen molar-refractivity contribution in [3.05, 3.63) is 29.8 Å². The molecule has 1 saturated heterocycles. The van der Waals surface area contributed by atoms with Crippen LogP contribution >= 0.6 is 0 Å². The van der Waals surface area contributed by atoms with Gasteiger partial charge in [0.05, 0.1) is 0 Å². The minimum absolute atomic E-state index is 0. The van der Waals surface area contributed by atoms with Crippen LogP contribution in [-0.2, 0) is 0 Å². The molecule has 0 atom stereocenters. The maximum atomic E-state index is 11.8. The Morgan fingerprint density at radius 3 is 2.29 bits per heavy atom. The van der Waals surface area contributed by atoms with Gasteiger partial charge in [0.1, 0.15) is 5.75 Å². The number of nitrogens with zero attached hydrogens (tertiary/aromatic N) is 1. The summed E-state index contributed by atoms with van der Waals surface area (Å²) < 4.78 is 5.30. The van der Waals surface area contributed by atoms with Gasteiger partial charge < -0.3 is 9.64 Å². The Morgan fingerprint density at radius 1 is 1.12 bits per heavy atom. The van der Waals surface area contributed by atoms with Crippen LogP contribution in [0.4, 0.5) is 9.50 Å². The van der Waals surface area contributed by atoms with Gasteiger partial charge in [-0.05, 0) is 38.3 Å². The normalized spacial score (nSPS) is 15.0. The number of carbonyl (C=O) groups is 1. The number of hydrogen-bond donors (Lipinski definition) is 0. The lowest BCUT2D eigenvalue weighted by molar-refractivity contribution is 0.142. The van der Waals surface area contributed by atoms with Gasteiger partial charge in [-0.3, -0.25) is 4.70 Å². The summed E-state index contributed by atoms with van der Waals surface area (Å²) in [5.74, 6) is 0.626. The largest absolute Gasteiger partial charge is 0.415 e. The molecular formula is C13H18FNO2. The van der Waals surface area contributed by atoms with Crippen LogP contribution in [0.25, 0.3) is 0 Å². The van der Waals surface area contributed by atoms with Crippen molar-refractivity contribution in [3.8, 4) is 5.75 Å². The number of piperidine rings is 1. The summed E-state index contributed by atoms with van der Waals surface area (Å²) in [7, 11) is 0. The van der Waals surface area contributed by atoms with Gasteiger partial charge in [-0.25, -0.2) is 4.79 Å². The molecule has 0 aromatic heterocycles. The van der Waals surface area contributed by atoms with E-state index in [4.69, 9.17) is 4.74 Å². The number of aryl methyl sites for hydroxylation is 1. The number of hydrogen-bond acceptors (Lipinski definition) is 2. The summed E-state index contributed by atoms with van der Waals surface area (Å²) >= 11 is 0.